The molecule has 1 aromatic rings. The first-order valence-electron chi connectivity index (χ1n) is 7.80. The second-order valence-corrected chi connectivity index (χ2v) is 6.16. The van der Waals surface area contributed by atoms with Crippen LogP contribution in [0.1, 0.15) is 44.3 Å². The zero-order valence-electron chi connectivity index (χ0n) is 13.2. The molecule has 5 heteroatoms. The molecule has 0 bridgehead atoms. The van der Waals surface area contributed by atoms with Gasteiger partial charge >= 0.3 is 0 Å². The molecule has 1 N–H and O–H groups in total. The fourth-order valence-corrected chi connectivity index (χ4v) is 3.17. The Morgan fingerprint density at radius 2 is 2.05 bits per heavy atom. The fraction of sp³-hybridized carbons (Fsp3) is 0.588. The normalized spacial score (nSPS) is 18.1. The van der Waals surface area contributed by atoms with E-state index in [0.29, 0.717) is 5.02 Å². The van der Waals surface area contributed by atoms with Crippen LogP contribution in [0, 0.1) is 0 Å². The summed E-state index contributed by atoms with van der Waals surface area (Å²) in [5.41, 5.74) is 0.871. The van der Waals surface area contributed by atoms with E-state index in [1.165, 1.54) is 12.8 Å². The van der Waals surface area contributed by atoms with Gasteiger partial charge in [0.05, 0.1) is 12.1 Å². The Morgan fingerprint density at radius 3 is 2.68 bits per heavy atom. The average Bonchev–Trinajstić information content (AvgIpc) is 3.01. The maximum absolute atomic E-state index is 12.0. The first-order chi connectivity index (χ1) is 10.6. The summed E-state index contributed by atoms with van der Waals surface area (Å²) in [5.74, 6) is -0.117. The summed E-state index contributed by atoms with van der Waals surface area (Å²) in [5, 5.41) is 3.57. The molecule has 0 radical (unpaired) electrons. The Bertz CT molecular complexity index is 489. The monoisotopic (exact) mass is 325 g/mol. The molecule has 1 fully saturated rings. The van der Waals surface area contributed by atoms with E-state index in [4.69, 9.17) is 21.1 Å². The summed E-state index contributed by atoms with van der Waals surface area (Å²) in [6.07, 6.45) is 4.46. The van der Waals surface area contributed by atoms with Gasteiger partial charge in [-0.05, 0) is 25.8 Å². The largest absolute Gasteiger partial charge is 0.375 e. The number of methoxy groups -OCH3 is 1. The molecular weight excluding hydrogens is 302 g/mol. The van der Waals surface area contributed by atoms with Crippen molar-refractivity contribution in [3.05, 3.63) is 34.9 Å². The number of hydrogen-bond donors (Lipinski definition) is 1. The molecule has 0 spiro atoms. The molecule has 1 aromatic carbocycles. The van der Waals surface area contributed by atoms with Crippen LogP contribution in [0.5, 0.6) is 0 Å². The highest BCUT2D eigenvalue weighted by Gasteiger charge is 2.23. The number of carbonyl (C=O) groups excluding carboxylic acids is 1. The van der Waals surface area contributed by atoms with E-state index in [1.54, 1.807) is 7.11 Å². The van der Waals surface area contributed by atoms with Crippen molar-refractivity contribution in [2.45, 2.75) is 50.9 Å². The lowest BCUT2D eigenvalue weighted by Gasteiger charge is -2.25. The highest BCUT2D eigenvalue weighted by molar-refractivity contribution is 6.31. The number of carbonyl (C=O) groups is 1. The minimum absolute atomic E-state index is 0.105. The number of nitrogens with one attached hydrogen (secondary N) is 1. The van der Waals surface area contributed by atoms with Crippen LogP contribution in [0.3, 0.4) is 0 Å². The van der Waals surface area contributed by atoms with Gasteiger partial charge in [-0.25, -0.2) is 0 Å². The summed E-state index contributed by atoms with van der Waals surface area (Å²) >= 11 is 6.21. The molecule has 1 amide bonds. The standard InChI is InChI=1S/C17H24ClNO3/c1-12(17(21-2)14-9-5-6-10-15(14)18)19-16(20)11-22-13-7-3-4-8-13/h5-6,9-10,12-13,17H,3-4,7-8,11H2,1-2H3,(H,19,20)/t12-,17+/m1/s1. The third kappa shape index (κ3) is 4.70. The molecule has 2 atom stereocenters. The topological polar surface area (TPSA) is 47.6 Å². The quantitative estimate of drug-likeness (QED) is 0.834. The molecule has 2 rings (SSSR count). The molecule has 0 unspecified atom stereocenters. The molecular formula is C17H24ClNO3. The Kier molecular flexibility index (Phi) is 6.68. The minimum Gasteiger partial charge on any atom is -0.375 e. The maximum atomic E-state index is 12.0. The van der Waals surface area contributed by atoms with Crippen molar-refractivity contribution in [3.63, 3.8) is 0 Å². The van der Waals surface area contributed by atoms with Crippen molar-refractivity contribution in [2.24, 2.45) is 0 Å². The van der Waals surface area contributed by atoms with Crippen molar-refractivity contribution >= 4 is 17.5 Å². The SMILES string of the molecule is CO[C@H](c1ccccc1Cl)[C@@H](C)NC(=O)COC1CCCC1. The number of halogens is 1. The van der Waals surface area contributed by atoms with Crippen LogP contribution in [0.2, 0.25) is 5.02 Å². The summed E-state index contributed by atoms with van der Waals surface area (Å²) < 4.78 is 11.1. The van der Waals surface area contributed by atoms with Gasteiger partial charge in [-0.15, -0.1) is 0 Å². The molecule has 1 aliphatic rings. The van der Waals surface area contributed by atoms with Gasteiger partial charge in [0, 0.05) is 17.7 Å². The lowest BCUT2D eigenvalue weighted by molar-refractivity contribution is -0.129. The number of rotatable bonds is 7. The first kappa shape index (κ1) is 17.3. The van der Waals surface area contributed by atoms with Gasteiger partial charge in [-0.2, -0.15) is 0 Å². The van der Waals surface area contributed by atoms with Crippen molar-refractivity contribution in [1.29, 1.82) is 0 Å². The molecule has 1 aliphatic carbocycles. The lowest BCUT2D eigenvalue weighted by Crippen LogP contribution is -2.40. The van der Waals surface area contributed by atoms with E-state index < -0.39 is 0 Å². The van der Waals surface area contributed by atoms with E-state index in [0.717, 1.165) is 18.4 Å². The molecule has 4 nitrogen and oxygen atoms in total. The Morgan fingerprint density at radius 1 is 1.36 bits per heavy atom. The molecule has 0 saturated heterocycles. The van der Waals surface area contributed by atoms with Gasteiger partial charge in [0.25, 0.3) is 0 Å². The number of ether oxygens (including phenoxy) is 2. The smallest absolute Gasteiger partial charge is 0.246 e. The summed E-state index contributed by atoms with van der Waals surface area (Å²) in [6.45, 7) is 2.01. The summed E-state index contributed by atoms with van der Waals surface area (Å²) in [6, 6.07) is 7.32. The Balaban J connectivity index is 1.87. The number of hydrogen-bond acceptors (Lipinski definition) is 3. The van der Waals surface area contributed by atoms with Gasteiger partial charge in [0.1, 0.15) is 12.7 Å². The van der Waals surface area contributed by atoms with Crippen LogP contribution < -0.4 is 5.32 Å². The van der Waals surface area contributed by atoms with Gasteiger partial charge in [-0.3, -0.25) is 4.79 Å². The van der Waals surface area contributed by atoms with Crippen molar-refractivity contribution < 1.29 is 14.3 Å². The van der Waals surface area contributed by atoms with E-state index >= 15 is 0 Å². The molecule has 0 aliphatic heterocycles. The molecule has 22 heavy (non-hydrogen) atoms. The fourth-order valence-electron chi connectivity index (χ4n) is 2.93. The highest BCUT2D eigenvalue weighted by Crippen LogP contribution is 2.27. The van der Waals surface area contributed by atoms with Crippen LogP contribution in [-0.4, -0.2) is 31.8 Å². The predicted molar refractivity (Wildman–Crippen MR) is 87.0 cm³/mol. The third-order valence-corrected chi connectivity index (χ3v) is 4.40. The zero-order valence-corrected chi connectivity index (χ0v) is 13.9. The Hall–Kier alpha value is -1.10. The second-order valence-electron chi connectivity index (χ2n) is 5.75. The van der Waals surface area contributed by atoms with E-state index in [9.17, 15) is 4.79 Å². The first-order valence-corrected chi connectivity index (χ1v) is 8.17. The third-order valence-electron chi connectivity index (χ3n) is 4.06. The highest BCUT2D eigenvalue weighted by atomic mass is 35.5. The van der Waals surface area contributed by atoms with E-state index in [2.05, 4.69) is 5.32 Å². The van der Waals surface area contributed by atoms with Crippen LogP contribution in [-0.2, 0) is 14.3 Å². The molecule has 0 heterocycles. The van der Waals surface area contributed by atoms with Crippen molar-refractivity contribution in [1.82, 2.24) is 5.32 Å². The van der Waals surface area contributed by atoms with Gasteiger partial charge in [0.2, 0.25) is 5.91 Å². The molecule has 0 aromatic heterocycles. The van der Waals surface area contributed by atoms with Crippen LogP contribution in [0.4, 0.5) is 0 Å². The predicted octanol–water partition coefficient (Wildman–Crippen LogP) is 3.49. The summed E-state index contributed by atoms with van der Waals surface area (Å²) in [7, 11) is 1.62. The second kappa shape index (κ2) is 8.51. The lowest BCUT2D eigenvalue weighted by atomic mass is 10.0. The molecule has 1 saturated carbocycles. The van der Waals surface area contributed by atoms with Crippen LogP contribution in [0.15, 0.2) is 24.3 Å². The van der Waals surface area contributed by atoms with E-state index in [1.807, 2.05) is 31.2 Å². The van der Waals surface area contributed by atoms with Crippen molar-refractivity contribution in [3.8, 4) is 0 Å². The zero-order chi connectivity index (χ0) is 15.9. The van der Waals surface area contributed by atoms with Gasteiger partial charge in [0.15, 0.2) is 0 Å². The summed E-state index contributed by atoms with van der Waals surface area (Å²) in [4.78, 5) is 12.0. The number of benzene rings is 1. The average molecular weight is 326 g/mol. The minimum atomic E-state index is -0.288. The number of amides is 1. The van der Waals surface area contributed by atoms with Crippen LogP contribution in [0.25, 0.3) is 0 Å². The van der Waals surface area contributed by atoms with Gasteiger partial charge in [-0.1, -0.05) is 42.6 Å². The molecule has 122 valence electrons. The maximum Gasteiger partial charge on any atom is 0.246 e. The Labute approximate surface area is 137 Å². The van der Waals surface area contributed by atoms with Gasteiger partial charge < -0.3 is 14.8 Å². The van der Waals surface area contributed by atoms with Crippen molar-refractivity contribution in [2.75, 3.05) is 13.7 Å². The van der Waals surface area contributed by atoms with Crippen LogP contribution >= 0.6 is 11.6 Å². The van der Waals surface area contributed by atoms with E-state index in [-0.39, 0.29) is 30.8 Å².